The largest absolute Gasteiger partial charge is 0.140 e. The van der Waals surface area contributed by atoms with Gasteiger partial charge in [-0.15, -0.1) is 54.6 Å². The van der Waals surface area contributed by atoms with Gasteiger partial charge in [-0.25, -0.2) is 0 Å². The minimum absolute atomic E-state index is 0.161. The molecule has 256 valence electrons. The Morgan fingerprint density at radius 3 is 0.759 bits per heavy atom. The number of fused-ring (bicyclic) bond motifs is 3. The first-order valence-electron chi connectivity index (χ1n) is 21.9. The molecule has 58 heavy (non-hydrogen) atoms. The van der Waals surface area contributed by atoms with Gasteiger partial charge in [0.15, 0.2) is 0 Å². The first-order valence-corrected chi connectivity index (χ1v) is 21.9. The average Bonchev–Trinajstić information content (AvgIpc) is 3.45. The maximum absolute atomic E-state index is 2.48. The smallest absolute Gasteiger partial charge is 0.102 e. The maximum atomic E-state index is 2.48. The van der Waals surface area contributed by atoms with Gasteiger partial charge in [-0.2, -0.15) is 0 Å². The lowest BCUT2D eigenvalue weighted by Gasteiger charge is -2.33. The Morgan fingerprint density at radius 2 is 0.414 bits per heavy atom. The van der Waals surface area contributed by atoms with Crippen molar-refractivity contribution in [3.63, 3.8) is 0 Å². The fraction of sp³-hybridized carbons (Fsp3) is 0.0286. The first-order chi connectivity index (χ1) is 26.9. The summed E-state index contributed by atoms with van der Waals surface area (Å²) < 4.78 is 0. The molecular weight excluding hydrogens is 669 g/mol. The molecule has 0 amide bonds. The number of hydrogen-bond acceptors (Lipinski definition) is 0. The van der Waals surface area contributed by atoms with Crippen LogP contribution in [0.4, 0.5) is 0 Å². The molecule has 0 nitrogen and oxygen atoms in total. The van der Waals surface area contributed by atoms with Gasteiger partial charge < -0.3 is 0 Å². The second kappa shape index (κ2) is 14.6. The normalized spacial score (nSPS) is 13.8. The van der Waals surface area contributed by atoms with Gasteiger partial charge in [0.1, 0.15) is 180 Å². The molecule has 0 saturated carbocycles. The third kappa shape index (κ3) is 5.55. The summed E-state index contributed by atoms with van der Waals surface area (Å²) in [6.45, 7) is 0. The van der Waals surface area contributed by atoms with E-state index in [1.807, 2.05) is 0 Å². The fourth-order valence-electron chi connectivity index (χ4n) is 12.0. The summed E-state index contributed by atoms with van der Waals surface area (Å²) in [4.78, 5) is 0. The molecule has 0 fully saturated rings. The lowest BCUT2D eigenvalue weighted by molar-refractivity contribution is 1.25. The van der Waals surface area contributed by atoms with E-state index in [4.69, 9.17) is 0 Å². The fourth-order valence-corrected chi connectivity index (χ4v) is 12.0. The second-order valence-corrected chi connectivity index (χ2v) is 19.1. The van der Waals surface area contributed by atoms with Gasteiger partial charge in [-0.3, -0.25) is 0 Å². The zero-order chi connectivity index (χ0) is 43.2. The topological polar surface area (TPSA) is 0 Å². The number of rotatable bonds is 3. The molecule has 0 saturated heterocycles. The van der Waals surface area contributed by atoms with E-state index in [9.17, 15) is 0 Å². The number of hydrogen-bond donors (Lipinski definition) is 0. The molecule has 0 aromatic heterocycles. The Hall–Kier alpha value is -2.93. The van der Waals surface area contributed by atoms with Crippen molar-refractivity contribution in [1.82, 2.24) is 0 Å². The van der Waals surface area contributed by atoms with E-state index >= 15 is 0 Å². The standard InChI is InChI=1S/C35H47B23/c36-13-7(14(37)10-9(13)15(38)11(21(44)20(10)43)12-24(47)32(55)35(58)33(56)25(12)48)1-3-5(18(41)28(51)26(49)16(3)39)2(6-4(1)17(40)27(50)29(52)19(6)42)8-22(45)30(53)34(57)31(54)23(8)46/h7H,36-58H2. The minimum atomic E-state index is 0.161. The van der Waals surface area contributed by atoms with Gasteiger partial charge >= 0.3 is 0 Å². The Morgan fingerprint density at radius 1 is 0.190 bits per heavy atom. The van der Waals surface area contributed by atoms with Crippen LogP contribution in [-0.4, -0.2) is 180 Å². The highest BCUT2D eigenvalue weighted by molar-refractivity contribution is 6.74. The van der Waals surface area contributed by atoms with Gasteiger partial charge in [0, 0.05) is 5.92 Å². The Kier molecular flexibility index (Phi) is 10.9. The van der Waals surface area contributed by atoms with Crippen LogP contribution < -0.4 is 125 Å². The Labute approximate surface area is 369 Å². The predicted molar refractivity (Wildman–Crippen MR) is 336 cm³/mol. The van der Waals surface area contributed by atoms with Crippen molar-refractivity contribution in [2.45, 2.75) is 5.92 Å². The molecule has 0 aliphatic heterocycles. The van der Waals surface area contributed by atoms with E-state index in [-0.39, 0.29) is 5.92 Å². The van der Waals surface area contributed by atoms with Crippen molar-refractivity contribution < 1.29 is 0 Å². The molecule has 7 rings (SSSR count). The highest BCUT2D eigenvalue weighted by Gasteiger charge is 2.33. The van der Waals surface area contributed by atoms with E-state index in [0.29, 0.717) is 0 Å². The monoisotopic (exact) mass is 721 g/mol. The molecule has 0 heterocycles. The van der Waals surface area contributed by atoms with Crippen LogP contribution in [-0.2, 0) is 0 Å². The van der Waals surface area contributed by atoms with E-state index in [0.717, 1.165) is 0 Å². The van der Waals surface area contributed by atoms with Crippen molar-refractivity contribution in [3.05, 3.63) is 16.0 Å². The summed E-state index contributed by atoms with van der Waals surface area (Å²) in [5.74, 6) is 0.161. The highest BCUT2D eigenvalue weighted by atomic mass is 14.3. The quantitative estimate of drug-likeness (QED) is 0.126. The molecule has 1 atom stereocenters. The molecule has 1 aliphatic rings. The molecule has 0 spiro atoms. The van der Waals surface area contributed by atoms with Crippen LogP contribution in [0.2, 0.25) is 0 Å². The summed E-state index contributed by atoms with van der Waals surface area (Å²) >= 11 is 0. The molecule has 6 aromatic rings. The van der Waals surface area contributed by atoms with Crippen LogP contribution in [0.5, 0.6) is 0 Å². The van der Waals surface area contributed by atoms with E-state index in [2.05, 4.69) is 180 Å². The summed E-state index contributed by atoms with van der Waals surface area (Å²) in [7, 11) is 54.8. The van der Waals surface area contributed by atoms with Crippen molar-refractivity contribution in [3.8, 4) is 22.3 Å². The van der Waals surface area contributed by atoms with Crippen LogP contribution in [0.25, 0.3) is 54.7 Å². The lowest BCUT2D eigenvalue weighted by atomic mass is 9.55. The summed E-state index contributed by atoms with van der Waals surface area (Å²) in [6.07, 6.45) is 0. The van der Waals surface area contributed by atoms with Gasteiger partial charge in [-0.1, -0.05) is 71.0 Å². The van der Waals surface area contributed by atoms with Crippen LogP contribution in [0.15, 0.2) is 0 Å². The second-order valence-electron chi connectivity index (χ2n) is 19.1. The predicted octanol–water partition coefficient (Wildman–Crippen LogP) is -31.0. The van der Waals surface area contributed by atoms with Gasteiger partial charge in [0.05, 0.1) is 0 Å². The third-order valence-electron chi connectivity index (χ3n) is 17.2. The molecule has 0 N–H and O–H groups in total. The van der Waals surface area contributed by atoms with Crippen molar-refractivity contribution in [2.24, 2.45) is 0 Å². The molecule has 1 aliphatic carbocycles. The van der Waals surface area contributed by atoms with E-state index in [1.54, 1.807) is 0 Å². The van der Waals surface area contributed by atoms with Crippen LogP contribution >= 0.6 is 0 Å². The summed E-state index contributed by atoms with van der Waals surface area (Å²) in [5.41, 5.74) is 40.2. The molecular formula is C35H47B23. The summed E-state index contributed by atoms with van der Waals surface area (Å²) in [5, 5.41) is 8.83. The van der Waals surface area contributed by atoms with Crippen LogP contribution in [0.3, 0.4) is 0 Å². The van der Waals surface area contributed by atoms with Gasteiger partial charge in [0.25, 0.3) is 0 Å². The van der Waals surface area contributed by atoms with Crippen LogP contribution in [0, 0.1) is 0 Å². The third-order valence-corrected chi connectivity index (χ3v) is 17.2. The van der Waals surface area contributed by atoms with Crippen LogP contribution in [0.1, 0.15) is 11.5 Å². The van der Waals surface area contributed by atoms with Gasteiger partial charge in [0.2, 0.25) is 0 Å². The SMILES string of the molecule is BC1=c2c(B)c(B)c(-c3c(B)c(B)c(B)c(B)c3B)c(B)c2=C(B)C1c1c2c(B)c(B)c(B)c(B)c2c(-c2c(B)c(B)c(B)c(B)c2B)c2c(B)c(B)c(B)c(B)c12. The number of benzene rings is 6. The van der Waals surface area contributed by atoms with Gasteiger partial charge in [-0.05, 0) is 59.8 Å². The minimum Gasteiger partial charge on any atom is -0.102 e. The average molecular weight is 716 g/mol. The summed E-state index contributed by atoms with van der Waals surface area (Å²) in [6, 6.07) is 0. The molecule has 6 aromatic carbocycles. The Bertz CT molecular complexity index is 2960. The van der Waals surface area contributed by atoms with Crippen molar-refractivity contribution in [1.29, 1.82) is 0 Å². The van der Waals surface area contributed by atoms with Crippen molar-refractivity contribution in [2.75, 3.05) is 0 Å². The molecule has 23 heteroatoms. The Balaban J connectivity index is 1.80. The molecule has 1 unspecified atom stereocenters. The lowest BCUT2D eigenvalue weighted by Crippen LogP contribution is -2.60. The molecule has 0 bridgehead atoms. The first kappa shape index (κ1) is 43.2. The highest BCUT2D eigenvalue weighted by Crippen LogP contribution is 2.42. The van der Waals surface area contributed by atoms with E-state index < -0.39 is 0 Å². The van der Waals surface area contributed by atoms with E-state index in [1.165, 1.54) is 185 Å². The maximum Gasteiger partial charge on any atom is 0.140 e. The van der Waals surface area contributed by atoms with Crippen molar-refractivity contribution >= 4 is 328 Å². The zero-order valence-corrected chi connectivity index (χ0v) is 40.6. The molecule has 0 radical (unpaired) electrons. The zero-order valence-electron chi connectivity index (χ0n) is 40.6.